The van der Waals surface area contributed by atoms with E-state index in [2.05, 4.69) is 238 Å². The summed E-state index contributed by atoms with van der Waals surface area (Å²) in [6.45, 7) is 16.5. The summed E-state index contributed by atoms with van der Waals surface area (Å²) in [5.74, 6) is 0. The summed E-state index contributed by atoms with van der Waals surface area (Å²) in [4.78, 5) is 21.1. The summed E-state index contributed by atoms with van der Waals surface area (Å²) in [5, 5.41) is 5.68. The summed E-state index contributed by atoms with van der Waals surface area (Å²) in [6.07, 6.45) is 0. The van der Waals surface area contributed by atoms with Crippen LogP contribution in [0, 0.1) is 48.5 Å². The predicted octanol–water partition coefficient (Wildman–Crippen LogP) is -3.45. The van der Waals surface area contributed by atoms with Crippen molar-refractivity contribution in [3.05, 3.63) is 57.1 Å². The zero-order valence-corrected chi connectivity index (χ0v) is 47.7. The van der Waals surface area contributed by atoms with E-state index >= 15 is 0 Å². The van der Waals surface area contributed by atoms with Crippen LogP contribution >= 0.6 is 0 Å². The maximum Gasteiger partial charge on any atom is 4.00 e. The molecule has 0 radical (unpaired) electrons. The maximum absolute atomic E-state index is 3.48. The molecule has 0 spiro atoms. The Bertz CT molecular complexity index is 1970. The molecule has 0 aliphatic rings. The Balaban J connectivity index is 0.00000930. The van der Waals surface area contributed by atoms with Gasteiger partial charge in [-0.3, -0.25) is 0 Å². The number of hydrogen-bond donors (Lipinski definition) is 0. The number of benzene rings is 3. The summed E-state index contributed by atoms with van der Waals surface area (Å²) in [6, 6.07) is 7.77. The Morgan fingerprint density at radius 1 is 0.339 bits per heavy atom. The summed E-state index contributed by atoms with van der Waals surface area (Å²) in [5.41, 5.74) is 20.6. The fourth-order valence-corrected chi connectivity index (χ4v) is 16.7. The summed E-state index contributed by atoms with van der Waals surface area (Å²) >= 11 is 0. The van der Waals surface area contributed by atoms with Gasteiger partial charge in [0.15, 0.2) is 8.07 Å². The van der Waals surface area contributed by atoms with Gasteiger partial charge in [-0.2, -0.15) is 27.4 Å². The molecule has 0 aromatic heterocycles. The minimum atomic E-state index is -3.48. The molecule has 0 aliphatic heterocycles. The molecule has 62 heavy (non-hydrogen) atoms. The summed E-state index contributed by atoms with van der Waals surface area (Å²) < 4.78 is 0. The molecular formula is C48H78Cl3N9SiTi. The minimum absolute atomic E-state index is 0. The van der Waals surface area contributed by atoms with Gasteiger partial charge >= 0.3 is 21.7 Å². The second-order valence-electron chi connectivity index (χ2n) is 18.5. The Hall–Kier alpha value is -2.99. The van der Waals surface area contributed by atoms with E-state index in [0.29, 0.717) is 0 Å². The Labute approximate surface area is 412 Å². The fraction of sp³-hybridized carbons (Fsp3) is 0.521. The van der Waals surface area contributed by atoms with Crippen molar-refractivity contribution in [3.63, 3.8) is 0 Å². The van der Waals surface area contributed by atoms with E-state index in [-0.39, 0.29) is 58.9 Å². The van der Waals surface area contributed by atoms with E-state index in [9.17, 15) is 0 Å². The number of anilines is 9. The van der Waals surface area contributed by atoms with Gasteiger partial charge in [0.05, 0.1) is 51.2 Å². The molecule has 4 aromatic carbocycles. The van der Waals surface area contributed by atoms with Crippen LogP contribution in [0.2, 0.25) is 0 Å². The molecular weight excluding hydrogens is 885 g/mol. The molecule has 0 fully saturated rings. The van der Waals surface area contributed by atoms with Crippen LogP contribution in [-0.4, -0.2) is 135 Å². The number of hydrogen-bond acceptors (Lipinski definition) is 9. The zero-order chi connectivity index (χ0) is 44.4. The van der Waals surface area contributed by atoms with Gasteiger partial charge in [-0.15, -0.1) is 0 Å². The van der Waals surface area contributed by atoms with E-state index in [1.807, 2.05) is 0 Å². The second kappa shape index (κ2) is 21.8. The number of halogens is 3. The molecule has 344 valence electrons. The van der Waals surface area contributed by atoms with Gasteiger partial charge in [-0.1, -0.05) is 45.9 Å². The molecule has 14 heteroatoms. The normalized spacial score (nSPS) is 10.8. The maximum atomic E-state index is 2.59. The third kappa shape index (κ3) is 9.53. The molecule has 0 saturated heterocycles. The van der Waals surface area contributed by atoms with Crippen molar-refractivity contribution < 1.29 is 58.9 Å². The number of aryl methyl sites for hydroxylation is 3. The minimum Gasteiger partial charge on any atom is -1.00 e. The first-order valence-electron chi connectivity index (χ1n) is 20.5. The van der Waals surface area contributed by atoms with Crippen molar-refractivity contribution >= 4 is 80.0 Å². The first-order valence-corrected chi connectivity index (χ1v) is 22.5. The molecule has 0 bridgehead atoms. The van der Waals surface area contributed by atoms with Gasteiger partial charge in [0.1, 0.15) is 0 Å². The zero-order valence-electron chi connectivity index (χ0n) is 42.9. The number of rotatable bonds is 13. The molecule has 0 unspecified atom stereocenters. The van der Waals surface area contributed by atoms with Gasteiger partial charge in [-0.05, 0) is 53.0 Å². The molecule has 0 aliphatic carbocycles. The molecule has 0 amide bonds. The topological polar surface area (TPSA) is 29.2 Å². The first kappa shape index (κ1) is 59.0. The molecule has 9 nitrogen and oxygen atoms in total. The van der Waals surface area contributed by atoms with Crippen molar-refractivity contribution in [1.82, 2.24) is 0 Å². The van der Waals surface area contributed by atoms with Crippen LogP contribution in [-0.2, 0) is 21.7 Å². The Morgan fingerprint density at radius 3 is 0.710 bits per heavy atom. The van der Waals surface area contributed by atoms with Gasteiger partial charge in [0.2, 0.25) is 0 Å². The van der Waals surface area contributed by atoms with Gasteiger partial charge in [0.25, 0.3) is 0 Å². The van der Waals surface area contributed by atoms with Gasteiger partial charge in [0, 0.05) is 127 Å². The summed E-state index contributed by atoms with van der Waals surface area (Å²) in [7, 11) is 36.4. The fourth-order valence-electron chi connectivity index (χ4n) is 10.1. The number of nitrogens with zero attached hydrogens (tertiary/aromatic N) is 9. The van der Waals surface area contributed by atoms with E-state index in [1.54, 1.807) is 0 Å². The van der Waals surface area contributed by atoms with Crippen LogP contribution in [0.4, 0.5) is 51.2 Å². The van der Waals surface area contributed by atoms with E-state index in [0.717, 1.165) is 0 Å². The van der Waals surface area contributed by atoms with Crippen LogP contribution in [0.15, 0.2) is 18.2 Å². The molecule has 0 N–H and O–H groups in total. The molecule has 0 atom stereocenters. The van der Waals surface area contributed by atoms with Crippen LogP contribution in [0.5, 0.6) is 0 Å². The van der Waals surface area contributed by atoms with Crippen molar-refractivity contribution in [3.8, 4) is 0 Å². The van der Waals surface area contributed by atoms with E-state index in [4.69, 9.17) is 0 Å². The van der Waals surface area contributed by atoms with Crippen molar-refractivity contribution in [2.75, 3.05) is 171 Å². The monoisotopic (exact) mass is 961 g/mol. The van der Waals surface area contributed by atoms with Crippen LogP contribution in [0.3, 0.4) is 0 Å². The van der Waals surface area contributed by atoms with Crippen molar-refractivity contribution in [1.29, 1.82) is 0 Å². The van der Waals surface area contributed by atoms with Crippen LogP contribution < -0.4 is 102 Å². The standard InChI is InChI=1S/C48H78N9Si.3ClH.Ti/c1-29-26-36(42(52(14)15)45(55(20)21)39(29)49(8)9)58(48-34(6)32(4)33(5)35(48)7,37-27-30(2)40(50(10)11)46(56(22)23)43(37)53(16)17)38-28-31(3)41(51(12)13)47(57(24)25)44(38)54(18)19;;;;/h26-28H,1-25H3;3*1H;/q-1;;;;+4/p-3. The van der Waals surface area contributed by atoms with E-state index < -0.39 is 8.07 Å². The molecule has 0 heterocycles. The molecule has 0 saturated carbocycles. The van der Waals surface area contributed by atoms with Crippen LogP contribution in [0.25, 0.3) is 0 Å². The molecule has 4 aromatic rings. The average Bonchev–Trinajstić information content (AvgIpc) is 3.28. The largest absolute Gasteiger partial charge is 4.00 e. The predicted molar refractivity (Wildman–Crippen MR) is 268 cm³/mol. The van der Waals surface area contributed by atoms with Crippen molar-refractivity contribution in [2.24, 2.45) is 0 Å². The third-order valence-electron chi connectivity index (χ3n) is 12.4. The Morgan fingerprint density at radius 2 is 0.548 bits per heavy atom. The smallest absolute Gasteiger partial charge is 1.00 e. The van der Waals surface area contributed by atoms with Gasteiger partial charge in [-0.25, -0.2) is 0 Å². The SMILES string of the molecule is Cc1cc([Si](c2cc(C)c(N(C)C)c(N(C)C)c2N(C)C)(c2cc(C)c(N(C)C)c(N(C)C)c2N(C)C)c2c(C)c(C)c(C)[c-]2C)c(N(C)C)c(N(C)C)c1N(C)C.[Cl-].[Cl-].[Cl-].[Ti+4]. The van der Waals surface area contributed by atoms with E-state index in [1.165, 1.54) is 111 Å². The third-order valence-corrected chi connectivity index (χ3v) is 17.4. The molecule has 4 rings (SSSR count). The van der Waals surface area contributed by atoms with Gasteiger partial charge < -0.3 is 81.3 Å². The second-order valence-corrected chi connectivity index (χ2v) is 22.2. The quantitative estimate of drug-likeness (QED) is 0.0773. The average molecular weight is 964 g/mol. The van der Waals surface area contributed by atoms with Crippen LogP contribution in [0.1, 0.15) is 38.9 Å². The van der Waals surface area contributed by atoms with Crippen molar-refractivity contribution in [2.45, 2.75) is 48.5 Å². The Kier molecular flexibility index (Phi) is 20.7. The first-order chi connectivity index (χ1) is 26.7.